The Morgan fingerprint density at radius 3 is 1.81 bits per heavy atom. The first kappa shape index (κ1) is 12.9. The van der Waals surface area contributed by atoms with E-state index in [4.69, 9.17) is 67.5 Å². The molecule has 1 saturated heterocycles. The largest absolute Gasteiger partial charge is 0.488 e. The summed E-state index contributed by atoms with van der Waals surface area (Å²) in [6.07, 6.45) is 0.0837. The maximum atomic E-state index is 5.95. The van der Waals surface area contributed by atoms with Crippen molar-refractivity contribution in [2.75, 3.05) is 13.2 Å². The van der Waals surface area contributed by atoms with Gasteiger partial charge in [0.05, 0.1) is 21.7 Å². The van der Waals surface area contributed by atoms with E-state index in [1.807, 2.05) is 0 Å². The monoisotopic (exact) mass is 320 g/mol. The summed E-state index contributed by atoms with van der Waals surface area (Å²) >= 11 is 29.5. The van der Waals surface area contributed by atoms with Gasteiger partial charge in [0.2, 0.25) is 0 Å². The highest BCUT2D eigenvalue weighted by Gasteiger charge is 2.26. The smallest absolute Gasteiger partial charge is 0.159 e. The SMILES string of the molecule is Clc1c(Cl)c(Cl)c(OC[C@@H]2CO2)c(Cl)c1Cl. The van der Waals surface area contributed by atoms with E-state index in [1.165, 1.54) is 0 Å². The lowest BCUT2D eigenvalue weighted by atomic mass is 10.3. The maximum Gasteiger partial charge on any atom is 0.159 e. The second-order valence-corrected chi connectivity index (χ2v) is 5.06. The molecule has 1 aliphatic rings. The predicted octanol–water partition coefficient (Wildman–Crippen LogP) is 4.73. The molecule has 1 aliphatic heterocycles. The van der Waals surface area contributed by atoms with Gasteiger partial charge in [0.15, 0.2) is 5.75 Å². The Morgan fingerprint density at radius 2 is 1.38 bits per heavy atom. The molecule has 0 amide bonds. The summed E-state index contributed by atoms with van der Waals surface area (Å²) in [5, 5.41) is 0.686. The van der Waals surface area contributed by atoms with Crippen LogP contribution < -0.4 is 4.74 Å². The second kappa shape index (κ2) is 4.97. The second-order valence-electron chi connectivity index (χ2n) is 3.17. The molecule has 0 aromatic heterocycles. The van der Waals surface area contributed by atoms with Crippen molar-refractivity contribution in [3.8, 4) is 5.75 Å². The first-order valence-corrected chi connectivity index (χ1v) is 6.17. The third-order valence-electron chi connectivity index (χ3n) is 1.99. The average molecular weight is 322 g/mol. The van der Waals surface area contributed by atoms with Crippen LogP contribution in [0.5, 0.6) is 5.75 Å². The van der Waals surface area contributed by atoms with E-state index < -0.39 is 0 Å². The highest BCUT2D eigenvalue weighted by Crippen LogP contribution is 2.48. The van der Waals surface area contributed by atoms with Crippen LogP contribution in [0.25, 0.3) is 0 Å². The lowest BCUT2D eigenvalue weighted by Crippen LogP contribution is -2.05. The maximum absolute atomic E-state index is 5.95. The summed E-state index contributed by atoms with van der Waals surface area (Å²) in [4.78, 5) is 0. The van der Waals surface area contributed by atoms with Crippen LogP contribution in [0.15, 0.2) is 0 Å². The molecule has 88 valence electrons. The Hall–Kier alpha value is 0.430. The number of benzene rings is 1. The van der Waals surface area contributed by atoms with E-state index in [9.17, 15) is 0 Å². The van der Waals surface area contributed by atoms with Gasteiger partial charge in [-0.3, -0.25) is 0 Å². The number of epoxide rings is 1. The minimum absolute atomic E-state index is 0.0837. The van der Waals surface area contributed by atoms with Crippen LogP contribution in [-0.2, 0) is 4.74 Å². The molecule has 0 aliphatic carbocycles. The lowest BCUT2D eigenvalue weighted by Gasteiger charge is -2.12. The molecule has 0 radical (unpaired) electrons. The minimum atomic E-state index is 0.0837. The van der Waals surface area contributed by atoms with Gasteiger partial charge in [0.1, 0.15) is 22.8 Å². The third kappa shape index (κ3) is 2.47. The van der Waals surface area contributed by atoms with E-state index in [2.05, 4.69) is 0 Å². The Bertz CT molecular complexity index is 401. The van der Waals surface area contributed by atoms with Gasteiger partial charge in [0.25, 0.3) is 0 Å². The summed E-state index contributed by atoms with van der Waals surface area (Å²) < 4.78 is 10.4. The summed E-state index contributed by atoms with van der Waals surface area (Å²) in [6, 6.07) is 0. The number of halogens is 5. The molecule has 16 heavy (non-hydrogen) atoms. The van der Waals surface area contributed by atoms with Gasteiger partial charge in [-0.1, -0.05) is 58.0 Å². The van der Waals surface area contributed by atoms with Gasteiger partial charge in [-0.2, -0.15) is 0 Å². The van der Waals surface area contributed by atoms with Crippen LogP contribution in [-0.4, -0.2) is 19.3 Å². The van der Waals surface area contributed by atoms with Gasteiger partial charge in [-0.25, -0.2) is 0 Å². The summed E-state index contributed by atoms with van der Waals surface area (Å²) in [5.41, 5.74) is 0. The quantitative estimate of drug-likeness (QED) is 0.456. The summed E-state index contributed by atoms with van der Waals surface area (Å²) in [7, 11) is 0. The van der Waals surface area contributed by atoms with Crippen molar-refractivity contribution in [2.24, 2.45) is 0 Å². The van der Waals surface area contributed by atoms with Crippen molar-refractivity contribution in [1.29, 1.82) is 0 Å². The fourth-order valence-corrected chi connectivity index (χ4v) is 2.28. The number of ether oxygens (including phenoxy) is 2. The van der Waals surface area contributed by atoms with E-state index >= 15 is 0 Å². The fraction of sp³-hybridized carbons (Fsp3) is 0.333. The summed E-state index contributed by atoms with van der Waals surface area (Å²) in [5.74, 6) is 0.234. The predicted molar refractivity (Wildman–Crippen MR) is 66.7 cm³/mol. The Morgan fingerprint density at radius 1 is 0.938 bits per heavy atom. The van der Waals surface area contributed by atoms with Crippen molar-refractivity contribution in [2.45, 2.75) is 6.10 Å². The molecule has 7 heteroatoms. The van der Waals surface area contributed by atoms with Gasteiger partial charge in [-0.15, -0.1) is 0 Å². The number of rotatable bonds is 3. The van der Waals surface area contributed by atoms with Crippen LogP contribution in [0.1, 0.15) is 0 Å². The molecule has 1 heterocycles. The Labute approximate surface area is 117 Å². The molecule has 0 saturated carbocycles. The van der Waals surface area contributed by atoms with Crippen LogP contribution >= 0.6 is 58.0 Å². The van der Waals surface area contributed by atoms with E-state index in [0.29, 0.717) is 13.2 Å². The van der Waals surface area contributed by atoms with Crippen LogP contribution in [0.4, 0.5) is 0 Å². The van der Waals surface area contributed by atoms with Crippen molar-refractivity contribution in [3.63, 3.8) is 0 Å². The molecule has 0 unspecified atom stereocenters. The zero-order valence-electron chi connectivity index (χ0n) is 7.70. The molecule has 1 aromatic rings. The van der Waals surface area contributed by atoms with Gasteiger partial charge < -0.3 is 9.47 Å². The number of hydrogen-bond acceptors (Lipinski definition) is 2. The Balaban J connectivity index is 2.34. The van der Waals surface area contributed by atoms with Crippen molar-refractivity contribution in [3.05, 3.63) is 25.1 Å². The van der Waals surface area contributed by atoms with E-state index in [0.717, 1.165) is 0 Å². The van der Waals surface area contributed by atoms with Gasteiger partial charge in [-0.05, 0) is 0 Å². The molecule has 0 N–H and O–H groups in total. The number of hydrogen-bond donors (Lipinski definition) is 0. The van der Waals surface area contributed by atoms with E-state index in [1.54, 1.807) is 0 Å². The van der Waals surface area contributed by atoms with Crippen molar-refractivity contribution < 1.29 is 9.47 Å². The fourth-order valence-electron chi connectivity index (χ4n) is 1.05. The highest BCUT2D eigenvalue weighted by atomic mass is 35.5. The molecular formula is C9H5Cl5O2. The van der Waals surface area contributed by atoms with Crippen molar-refractivity contribution in [1.82, 2.24) is 0 Å². The zero-order valence-corrected chi connectivity index (χ0v) is 11.5. The standard InChI is InChI=1S/C9H5Cl5O2/c10-4-5(11)7(13)9(8(14)6(4)12)16-2-3-1-15-3/h3H,1-2H2/t3-/m0/s1. The van der Waals surface area contributed by atoms with Crippen LogP contribution in [0, 0.1) is 0 Å². The molecule has 0 bridgehead atoms. The molecule has 2 nitrogen and oxygen atoms in total. The molecule has 1 fully saturated rings. The van der Waals surface area contributed by atoms with E-state index in [-0.39, 0.29) is 37.0 Å². The molecule has 1 aromatic carbocycles. The molecule has 2 rings (SSSR count). The lowest BCUT2D eigenvalue weighted by molar-refractivity contribution is 0.263. The normalized spacial score (nSPS) is 18.7. The molecular weight excluding hydrogens is 317 g/mol. The topological polar surface area (TPSA) is 21.8 Å². The highest BCUT2D eigenvalue weighted by molar-refractivity contribution is 6.55. The first-order valence-electron chi connectivity index (χ1n) is 4.28. The first-order chi connectivity index (χ1) is 7.52. The van der Waals surface area contributed by atoms with Gasteiger partial charge >= 0.3 is 0 Å². The minimum Gasteiger partial charge on any atom is -0.488 e. The van der Waals surface area contributed by atoms with Crippen LogP contribution in [0.3, 0.4) is 0 Å². The molecule has 1 atom stereocenters. The van der Waals surface area contributed by atoms with Crippen LogP contribution in [0.2, 0.25) is 25.1 Å². The molecule has 0 spiro atoms. The summed E-state index contributed by atoms with van der Waals surface area (Å²) in [6.45, 7) is 1.03. The average Bonchev–Trinajstić information content (AvgIpc) is 3.07. The van der Waals surface area contributed by atoms with Gasteiger partial charge in [0, 0.05) is 0 Å². The van der Waals surface area contributed by atoms with Crippen molar-refractivity contribution >= 4 is 58.0 Å². The zero-order chi connectivity index (χ0) is 11.9. The third-order valence-corrected chi connectivity index (χ3v) is 4.23. The Kier molecular flexibility index (Phi) is 4.00.